The van der Waals surface area contributed by atoms with E-state index in [9.17, 15) is 69.3 Å². The van der Waals surface area contributed by atoms with Gasteiger partial charge in [0.15, 0.2) is 0 Å². The van der Waals surface area contributed by atoms with Crippen molar-refractivity contribution >= 4 is 41.8 Å². The van der Waals surface area contributed by atoms with Crippen molar-refractivity contribution in [2.45, 2.75) is 0 Å². The van der Waals surface area contributed by atoms with Gasteiger partial charge in [0.1, 0.15) is 0 Å². The van der Waals surface area contributed by atoms with Gasteiger partial charge in [0.25, 0.3) is 0 Å². The fourth-order valence-electron chi connectivity index (χ4n) is 5.24. The third-order valence-corrected chi connectivity index (χ3v) is 7.64. The SMILES string of the molecule is O=C(O)CN1CCN(CCN(CC(=O)O)CC(=O)O)CCN(CCN(CC(=O)O)CC(=O)O)CCN(CCN(CC(=O)O)CC(=O)O)CC1. The van der Waals surface area contributed by atoms with Crippen LogP contribution in [-0.4, -0.2) is 249 Å². The first-order valence-electron chi connectivity index (χ1n) is 15.6. The number of carboxylic acids is 7. The van der Waals surface area contributed by atoms with Gasteiger partial charge in [-0.05, 0) is 0 Å². The molecule has 0 aliphatic carbocycles. The van der Waals surface area contributed by atoms with Crippen LogP contribution in [0, 0.1) is 0 Å². The maximum Gasteiger partial charge on any atom is 0.317 e. The van der Waals surface area contributed by atoms with Gasteiger partial charge < -0.3 is 35.7 Å². The highest BCUT2D eigenvalue weighted by atomic mass is 16.4. The van der Waals surface area contributed by atoms with Crippen LogP contribution in [-0.2, 0) is 33.6 Å². The van der Waals surface area contributed by atoms with Crippen molar-refractivity contribution in [3.8, 4) is 0 Å². The second-order valence-electron chi connectivity index (χ2n) is 11.7. The van der Waals surface area contributed by atoms with Crippen molar-refractivity contribution in [1.29, 1.82) is 0 Å². The van der Waals surface area contributed by atoms with Gasteiger partial charge in [0.05, 0.1) is 45.8 Å². The third kappa shape index (κ3) is 22.3. The topological polar surface area (TPSA) is 284 Å². The summed E-state index contributed by atoms with van der Waals surface area (Å²) in [6.07, 6.45) is 0. The lowest BCUT2D eigenvalue weighted by Gasteiger charge is -2.35. The van der Waals surface area contributed by atoms with Crippen LogP contribution in [0.1, 0.15) is 0 Å². The van der Waals surface area contributed by atoms with Crippen LogP contribution in [0.5, 0.6) is 0 Å². The Morgan fingerprint density at radius 2 is 0.551 bits per heavy atom. The molecule has 1 rings (SSSR count). The molecule has 0 atom stereocenters. The van der Waals surface area contributed by atoms with Crippen molar-refractivity contribution in [2.24, 2.45) is 0 Å². The normalized spacial score (nSPS) is 16.3. The second kappa shape index (κ2) is 23.4. The molecule has 280 valence electrons. The van der Waals surface area contributed by atoms with Gasteiger partial charge in [-0.2, -0.15) is 0 Å². The summed E-state index contributed by atoms with van der Waals surface area (Å²) in [6, 6.07) is 0. The van der Waals surface area contributed by atoms with E-state index >= 15 is 0 Å². The average Bonchev–Trinajstić information content (AvgIpc) is 2.94. The largest absolute Gasteiger partial charge is 0.480 e. The molecule has 49 heavy (non-hydrogen) atoms. The minimum atomic E-state index is -1.20. The maximum atomic E-state index is 11.7. The Balaban J connectivity index is 3.24. The van der Waals surface area contributed by atoms with E-state index in [2.05, 4.69) is 0 Å². The molecule has 1 saturated heterocycles. The van der Waals surface area contributed by atoms with Crippen molar-refractivity contribution in [2.75, 3.05) is 137 Å². The molecule has 1 fully saturated rings. The van der Waals surface area contributed by atoms with E-state index < -0.39 is 81.1 Å². The number of carboxylic acid groups (broad SMARTS) is 7. The lowest BCUT2D eigenvalue weighted by molar-refractivity contribution is -0.143. The van der Waals surface area contributed by atoms with Gasteiger partial charge in [-0.1, -0.05) is 0 Å². The monoisotopic (exact) mass is 707 g/mol. The summed E-state index contributed by atoms with van der Waals surface area (Å²) < 4.78 is 0. The van der Waals surface area contributed by atoms with Crippen LogP contribution in [0.25, 0.3) is 0 Å². The van der Waals surface area contributed by atoms with Crippen molar-refractivity contribution in [3.63, 3.8) is 0 Å². The summed E-state index contributed by atoms with van der Waals surface area (Å²) in [5.74, 6) is -8.24. The van der Waals surface area contributed by atoms with Crippen LogP contribution < -0.4 is 0 Å². The lowest BCUT2D eigenvalue weighted by Crippen LogP contribution is -2.50. The Labute approximate surface area is 283 Å². The third-order valence-electron chi connectivity index (χ3n) is 7.64. The fraction of sp³-hybridized carbons (Fsp3) is 0.750. The summed E-state index contributed by atoms with van der Waals surface area (Å²) in [7, 11) is 0. The number of nitrogens with zero attached hydrogens (tertiary/aromatic N) is 7. The van der Waals surface area contributed by atoms with Gasteiger partial charge in [-0.3, -0.25) is 67.9 Å². The van der Waals surface area contributed by atoms with Gasteiger partial charge in [-0.25, -0.2) is 0 Å². The molecule has 7 N–H and O–H groups in total. The molecule has 0 unspecified atom stereocenters. The van der Waals surface area contributed by atoms with E-state index in [0.717, 1.165) is 0 Å². The second-order valence-corrected chi connectivity index (χ2v) is 11.7. The van der Waals surface area contributed by atoms with Crippen LogP contribution in [0.15, 0.2) is 0 Å². The molecule has 0 bridgehead atoms. The Bertz CT molecular complexity index is 1010. The number of aliphatic carboxylic acids is 7. The highest BCUT2D eigenvalue weighted by Gasteiger charge is 2.22. The minimum absolute atomic E-state index is 0.0967. The van der Waals surface area contributed by atoms with Crippen LogP contribution in [0.4, 0.5) is 0 Å². The predicted octanol–water partition coefficient (Wildman–Crippen LogP) is -4.29. The summed E-state index contributed by atoms with van der Waals surface area (Å²) >= 11 is 0. The Morgan fingerprint density at radius 3 is 0.735 bits per heavy atom. The van der Waals surface area contributed by atoms with Gasteiger partial charge in [0.2, 0.25) is 0 Å². The van der Waals surface area contributed by atoms with Crippen LogP contribution >= 0.6 is 0 Å². The number of hydrogen-bond donors (Lipinski definition) is 7. The number of hydrogen-bond acceptors (Lipinski definition) is 14. The van der Waals surface area contributed by atoms with E-state index in [1.54, 1.807) is 4.90 Å². The molecule has 0 aromatic carbocycles. The summed E-state index contributed by atoms with van der Waals surface area (Å²) in [5, 5.41) is 64.9. The zero-order valence-corrected chi connectivity index (χ0v) is 27.5. The van der Waals surface area contributed by atoms with Crippen molar-refractivity contribution < 1.29 is 69.3 Å². The summed E-state index contributed by atoms with van der Waals surface area (Å²) in [4.78, 5) is 90.9. The molecule has 0 saturated carbocycles. The Hall–Kier alpha value is -3.99. The highest BCUT2D eigenvalue weighted by Crippen LogP contribution is 2.04. The van der Waals surface area contributed by atoms with Crippen molar-refractivity contribution in [3.05, 3.63) is 0 Å². The molecule has 21 heteroatoms. The summed E-state index contributed by atoms with van der Waals surface area (Å²) in [5.41, 5.74) is 0. The smallest absolute Gasteiger partial charge is 0.317 e. The van der Waals surface area contributed by atoms with Gasteiger partial charge in [0, 0.05) is 91.6 Å². The molecule has 1 aliphatic heterocycles. The average molecular weight is 708 g/mol. The molecule has 21 nitrogen and oxygen atoms in total. The van der Waals surface area contributed by atoms with Crippen LogP contribution in [0.3, 0.4) is 0 Å². The van der Waals surface area contributed by atoms with Crippen LogP contribution in [0.2, 0.25) is 0 Å². The van der Waals surface area contributed by atoms with E-state index in [1.165, 1.54) is 14.7 Å². The molecule has 0 radical (unpaired) electrons. The van der Waals surface area contributed by atoms with E-state index in [4.69, 9.17) is 0 Å². The first-order chi connectivity index (χ1) is 23.0. The lowest BCUT2D eigenvalue weighted by atomic mass is 10.3. The molecule has 0 aromatic heterocycles. The highest BCUT2D eigenvalue weighted by molar-refractivity contribution is 5.73. The maximum absolute atomic E-state index is 11.7. The molecular weight excluding hydrogens is 658 g/mol. The quantitative estimate of drug-likeness (QED) is 0.0529. The first-order valence-corrected chi connectivity index (χ1v) is 15.6. The zero-order valence-electron chi connectivity index (χ0n) is 27.5. The molecular formula is C28H49N7O14. The Morgan fingerprint density at radius 1 is 0.347 bits per heavy atom. The molecule has 0 amide bonds. The number of carbonyl (C=O) groups is 7. The predicted molar refractivity (Wildman–Crippen MR) is 169 cm³/mol. The van der Waals surface area contributed by atoms with E-state index in [0.29, 0.717) is 39.3 Å². The zero-order chi connectivity index (χ0) is 36.9. The minimum Gasteiger partial charge on any atom is -0.480 e. The van der Waals surface area contributed by atoms with E-state index in [-0.39, 0.29) is 58.9 Å². The van der Waals surface area contributed by atoms with Gasteiger partial charge in [-0.15, -0.1) is 0 Å². The first kappa shape index (κ1) is 43.0. The molecule has 0 spiro atoms. The van der Waals surface area contributed by atoms with E-state index in [1.807, 2.05) is 14.7 Å². The summed E-state index contributed by atoms with van der Waals surface area (Å²) in [6.45, 7) is 0.567. The number of rotatable bonds is 23. The standard InChI is InChI=1S/C28H49N7O14/c36-22(37)15-32-10-5-30(8-13-34(18-25(42)43)19-26(44)45)3-1-29(7-12-33(16-23(38)39)17-24(40)41)2-4-31(6-11-32)9-14-35(20-27(46)47)21-28(48)49/h1-21H2,(H,36,37)(H,38,39)(H,40,41)(H,42,43)(H,44,45)(H,46,47)(H,48,49). The molecule has 1 heterocycles. The van der Waals surface area contributed by atoms with Crippen molar-refractivity contribution in [1.82, 2.24) is 34.3 Å². The molecule has 0 aromatic rings. The van der Waals surface area contributed by atoms with Gasteiger partial charge >= 0.3 is 41.8 Å². The fourth-order valence-corrected chi connectivity index (χ4v) is 5.24. The Kier molecular flexibility index (Phi) is 20.5. The molecule has 1 aliphatic rings.